The lowest BCUT2D eigenvalue weighted by atomic mass is 10.2. The number of methoxy groups -OCH3 is 3. The average molecular weight is 388 g/mol. The Bertz CT molecular complexity index is 988. The van der Waals surface area contributed by atoms with E-state index < -0.39 is 11.8 Å². The van der Waals surface area contributed by atoms with Crippen molar-refractivity contribution in [3.8, 4) is 28.6 Å². The molecular weight excluding hydrogens is 371 g/mol. The van der Waals surface area contributed by atoms with Crippen molar-refractivity contribution in [2.75, 3.05) is 21.3 Å². The van der Waals surface area contributed by atoms with Gasteiger partial charge >= 0.3 is 5.97 Å². The summed E-state index contributed by atoms with van der Waals surface area (Å²) in [6.45, 7) is -0.257. The van der Waals surface area contributed by atoms with Gasteiger partial charge in [0.05, 0.1) is 26.9 Å². The highest BCUT2D eigenvalue weighted by atomic mass is 19.1. The minimum absolute atomic E-state index is 0.0352. The predicted octanol–water partition coefficient (Wildman–Crippen LogP) is 3.26. The quantitative estimate of drug-likeness (QED) is 0.570. The van der Waals surface area contributed by atoms with Crippen molar-refractivity contribution < 1.29 is 32.7 Å². The molecule has 0 saturated carbocycles. The fraction of sp³-hybridized carbons (Fsp3) is 0.211. The summed E-state index contributed by atoms with van der Waals surface area (Å²) in [5.41, 5.74) is 0.675. The van der Waals surface area contributed by atoms with Gasteiger partial charge in [-0.15, -0.1) is 0 Å². The van der Waals surface area contributed by atoms with Crippen molar-refractivity contribution in [2.24, 2.45) is 0 Å². The maximum Gasteiger partial charge on any atom is 0.338 e. The lowest BCUT2D eigenvalue weighted by Gasteiger charge is -2.07. The van der Waals surface area contributed by atoms with Crippen LogP contribution in [0.4, 0.5) is 4.39 Å². The third kappa shape index (κ3) is 4.03. The standard InChI is InChI=1S/C19H17FN2O6/c1-24-14-6-5-12(8-13(14)20)19(23)27-10-17-21-18(22-28-17)11-4-7-15(25-2)16(9-11)26-3/h4-9H,10H2,1-3H3. The van der Waals surface area contributed by atoms with Crippen LogP contribution >= 0.6 is 0 Å². The van der Waals surface area contributed by atoms with Gasteiger partial charge in [0.1, 0.15) is 0 Å². The van der Waals surface area contributed by atoms with E-state index in [1.807, 2.05) is 0 Å². The number of carbonyl (C=O) groups excluding carboxylic acids is 1. The minimum atomic E-state index is -0.729. The Morgan fingerprint density at radius 2 is 1.71 bits per heavy atom. The number of halogens is 1. The number of benzene rings is 2. The third-order valence-electron chi connectivity index (χ3n) is 3.82. The molecule has 28 heavy (non-hydrogen) atoms. The molecule has 0 spiro atoms. The van der Waals surface area contributed by atoms with Crippen molar-refractivity contribution in [2.45, 2.75) is 6.61 Å². The van der Waals surface area contributed by atoms with Gasteiger partial charge in [0.15, 0.2) is 29.7 Å². The molecule has 0 aliphatic heterocycles. The molecule has 0 unspecified atom stereocenters. The van der Waals surface area contributed by atoms with Gasteiger partial charge in [0.2, 0.25) is 5.82 Å². The zero-order valence-electron chi connectivity index (χ0n) is 15.4. The van der Waals surface area contributed by atoms with E-state index in [0.29, 0.717) is 22.9 Å². The Balaban J connectivity index is 1.68. The monoisotopic (exact) mass is 388 g/mol. The first kappa shape index (κ1) is 19.2. The predicted molar refractivity (Wildman–Crippen MR) is 94.9 cm³/mol. The lowest BCUT2D eigenvalue weighted by molar-refractivity contribution is 0.0429. The molecule has 1 heterocycles. The fourth-order valence-electron chi connectivity index (χ4n) is 2.41. The normalized spacial score (nSPS) is 10.4. The van der Waals surface area contributed by atoms with Gasteiger partial charge < -0.3 is 23.5 Å². The summed E-state index contributed by atoms with van der Waals surface area (Å²) in [6, 6.07) is 8.91. The van der Waals surface area contributed by atoms with E-state index >= 15 is 0 Å². The summed E-state index contributed by atoms with van der Waals surface area (Å²) in [6.07, 6.45) is 0. The molecule has 0 radical (unpaired) electrons. The summed E-state index contributed by atoms with van der Waals surface area (Å²) in [7, 11) is 4.39. The van der Waals surface area contributed by atoms with Crippen LogP contribution in [-0.4, -0.2) is 37.4 Å². The van der Waals surface area contributed by atoms with E-state index in [-0.39, 0.29) is 23.8 Å². The highest BCUT2D eigenvalue weighted by Gasteiger charge is 2.15. The number of hydrogen-bond acceptors (Lipinski definition) is 8. The van der Waals surface area contributed by atoms with Crippen LogP contribution in [0.2, 0.25) is 0 Å². The topological polar surface area (TPSA) is 92.9 Å². The Morgan fingerprint density at radius 1 is 1.00 bits per heavy atom. The summed E-state index contributed by atoms with van der Waals surface area (Å²) in [5.74, 6) is 0.107. The Kier molecular flexibility index (Phi) is 5.73. The fourth-order valence-corrected chi connectivity index (χ4v) is 2.41. The number of carbonyl (C=O) groups is 1. The molecule has 0 atom stereocenters. The van der Waals surface area contributed by atoms with Crippen LogP contribution in [0.1, 0.15) is 16.2 Å². The van der Waals surface area contributed by atoms with Crippen LogP contribution in [0.25, 0.3) is 11.4 Å². The number of rotatable bonds is 7. The van der Waals surface area contributed by atoms with Gasteiger partial charge in [-0.1, -0.05) is 5.16 Å². The van der Waals surface area contributed by atoms with Crippen LogP contribution in [0.3, 0.4) is 0 Å². The maximum absolute atomic E-state index is 13.7. The van der Waals surface area contributed by atoms with Gasteiger partial charge in [-0.25, -0.2) is 9.18 Å². The van der Waals surface area contributed by atoms with Crippen molar-refractivity contribution in [1.29, 1.82) is 0 Å². The van der Waals surface area contributed by atoms with Crippen LogP contribution < -0.4 is 14.2 Å². The number of ether oxygens (including phenoxy) is 4. The Labute approximate surface area is 159 Å². The van der Waals surface area contributed by atoms with E-state index in [4.69, 9.17) is 23.5 Å². The summed E-state index contributed by atoms with van der Waals surface area (Å²) in [4.78, 5) is 16.2. The molecule has 8 nitrogen and oxygen atoms in total. The van der Waals surface area contributed by atoms with Crippen molar-refractivity contribution >= 4 is 5.97 Å². The van der Waals surface area contributed by atoms with E-state index in [1.165, 1.54) is 33.5 Å². The van der Waals surface area contributed by atoms with Gasteiger partial charge in [0.25, 0.3) is 5.89 Å². The lowest BCUT2D eigenvalue weighted by Crippen LogP contribution is -2.06. The molecule has 1 aromatic heterocycles. The highest BCUT2D eigenvalue weighted by Crippen LogP contribution is 2.31. The average Bonchev–Trinajstić information content (AvgIpc) is 3.20. The molecule has 0 amide bonds. The van der Waals surface area contributed by atoms with Gasteiger partial charge in [0, 0.05) is 5.56 Å². The van der Waals surface area contributed by atoms with Gasteiger partial charge in [-0.05, 0) is 36.4 Å². The van der Waals surface area contributed by atoms with Crippen LogP contribution in [-0.2, 0) is 11.3 Å². The number of esters is 1. The molecular formula is C19H17FN2O6. The first-order valence-electron chi connectivity index (χ1n) is 8.11. The first-order chi connectivity index (χ1) is 13.5. The molecule has 0 bridgehead atoms. The Hall–Kier alpha value is -3.62. The Morgan fingerprint density at radius 3 is 2.39 bits per heavy atom. The van der Waals surface area contributed by atoms with Crippen LogP contribution in [0.15, 0.2) is 40.9 Å². The second kappa shape index (κ2) is 8.38. The smallest absolute Gasteiger partial charge is 0.338 e. The van der Waals surface area contributed by atoms with Crippen LogP contribution in [0, 0.1) is 5.82 Å². The van der Waals surface area contributed by atoms with Crippen molar-refractivity contribution in [1.82, 2.24) is 10.1 Å². The zero-order chi connectivity index (χ0) is 20.1. The molecule has 146 valence electrons. The van der Waals surface area contributed by atoms with Crippen molar-refractivity contribution in [3.63, 3.8) is 0 Å². The molecule has 0 aliphatic carbocycles. The summed E-state index contributed by atoms with van der Waals surface area (Å²) < 4.78 is 39.1. The third-order valence-corrected chi connectivity index (χ3v) is 3.82. The van der Waals surface area contributed by atoms with Crippen molar-refractivity contribution in [3.05, 3.63) is 53.7 Å². The highest BCUT2D eigenvalue weighted by molar-refractivity contribution is 5.89. The number of aromatic nitrogens is 2. The first-order valence-corrected chi connectivity index (χ1v) is 8.11. The molecule has 0 saturated heterocycles. The van der Waals surface area contributed by atoms with E-state index in [2.05, 4.69) is 10.1 Å². The molecule has 3 aromatic rings. The van der Waals surface area contributed by atoms with E-state index in [9.17, 15) is 9.18 Å². The molecule has 0 N–H and O–H groups in total. The van der Waals surface area contributed by atoms with Gasteiger partial charge in [-0.3, -0.25) is 0 Å². The molecule has 9 heteroatoms. The second-order valence-corrected chi connectivity index (χ2v) is 5.51. The molecule has 3 rings (SSSR count). The summed E-state index contributed by atoms with van der Waals surface area (Å²) in [5, 5.41) is 3.85. The van der Waals surface area contributed by atoms with E-state index in [0.717, 1.165) is 6.07 Å². The van der Waals surface area contributed by atoms with Crippen LogP contribution in [0.5, 0.6) is 17.2 Å². The number of hydrogen-bond donors (Lipinski definition) is 0. The maximum atomic E-state index is 13.7. The largest absolute Gasteiger partial charge is 0.494 e. The minimum Gasteiger partial charge on any atom is -0.494 e. The molecule has 2 aromatic carbocycles. The zero-order valence-corrected chi connectivity index (χ0v) is 15.4. The van der Waals surface area contributed by atoms with E-state index in [1.54, 1.807) is 18.2 Å². The second-order valence-electron chi connectivity index (χ2n) is 5.51. The molecule has 0 fully saturated rings. The summed E-state index contributed by atoms with van der Waals surface area (Å²) >= 11 is 0. The SMILES string of the molecule is COc1ccc(C(=O)OCc2nc(-c3ccc(OC)c(OC)c3)no2)cc1F. The number of nitrogens with zero attached hydrogens (tertiary/aromatic N) is 2. The molecule has 0 aliphatic rings. The van der Waals surface area contributed by atoms with Gasteiger partial charge in [-0.2, -0.15) is 4.98 Å².